The van der Waals surface area contributed by atoms with Gasteiger partial charge in [-0.15, -0.1) is 0 Å². The van der Waals surface area contributed by atoms with E-state index in [0.717, 1.165) is 12.7 Å². The Balaban J connectivity index is 2.14. The van der Waals surface area contributed by atoms with Crippen LogP contribution in [0.15, 0.2) is 40.8 Å². The normalized spacial score (nSPS) is 12.5. The Morgan fingerprint density at radius 3 is 2.48 bits per heavy atom. The fourth-order valence-corrected chi connectivity index (χ4v) is 4.09. The number of hydrogen-bond donors (Lipinski definition) is 2. The molecule has 0 fully saturated rings. The van der Waals surface area contributed by atoms with Gasteiger partial charge < -0.3 is 24.5 Å². The average molecular weight is 479 g/mol. The van der Waals surface area contributed by atoms with Crippen LogP contribution in [0.1, 0.15) is 23.7 Å². The summed E-state index contributed by atoms with van der Waals surface area (Å²) in [6, 6.07) is 8.96. The standard InChI is InChI=1S/C23H27FN2O6S/c1-5-10-31-19-11-16-18(12-17(19)26-13-20(30-3)33(4,28)29)32-22(21(16)23(27)25-2)14-6-8-15(24)9-7-14/h6-9,11-12,20,26H,5,10,13H2,1-4H3,(H,25,27). The second kappa shape index (κ2) is 10.2. The van der Waals surface area contributed by atoms with E-state index in [0.29, 0.717) is 34.6 Å². The number of ether oxygens (including phenoxy) is 2. The maximum Gasteiger partial charge on any atom is 0.255 e. The van der Waals surface area contributed by atoms with E-state index in [1.54, 1.807) is 12.1 Å². The minimum Gasteiger partial charge on any atom is -0.491 e. The van der Waals surface area contributed by atoms with E-state index in [9.17, 15) is 17.6 Å². The van der Waals surface area contributed by atoms with Crippen LogP contribution in [0.4, 0.5) is 10.1 Å². The van der Waals surface area contributed by atoms with Crippen LogP contribution in [0.5, 0.6) is 5.75 Å². The van der Waals surface area contributed by atoms with Crippen molar-refractivity contribution in [2.24, 2.45) is 0 Å². The molecular weight excluding hydrogens is 451 g/mol. The van der Waals surface area contributed by atoms with E-state index in [4.69, 9.17) is 13.9 Å². The molecule has 1 amide bonds. The number of methoxy groups -OCH3 is 1. The van der Waals surface area contributed by atoms with Crippen LogP contribution in [-0.4, -0.2) is 53.3 Å². The Morgan fingerprint density at radius 1 is 1.21 bits per heavy atom. The topological polar surface area (TPSA) is 107 Å². The van der Waals surface area contributed by atoms with Crippen LogP contribution in [0, 0.1) is 5.82 Å². The van der Waals surface area contributed by atoms with Crippen LogP contribution < -0.4 is 15.4 Å². The highest BCUT2D eigenvalue weighted by atomic mass is 32.2. The molecule has 1 heterocycles. The van der Waals surface area contributed by atoms with E-state index in [2.05, 4.69) is 10.6 Å². The molecule has 1 aromatic heterocycles. The first-order valence-electron chi connectivity index (χ1n) is 10.4. The van der Waals surface area contributed by atoms with Crippen molar-refractivity contribution < 1.29 is 31.5 Å². The summed E-state index contributed by atoms with van der Waals surface area (Å²) < 4.78 is 54.2. The highest BCUT2D eigenvalue weighted by Crippen LogP contribution is 2.39. The lowest BCUT2D eigenvalue weighted by Crippen LogP contribution is -2.30. The summed E-state index contributed by atoms with van der Waals surface area (Å²) in [5, 5.41) is 6.17. The summed E-state index contributed by atoms with van der Waals surface area (Å²) in [7, 11) is -0.615. The van der Waals surface area contributed by atoms with E-state index in [1.807, 2.05) is 6.92 Å². The first kappa shape index (κ1) is 24.5. The van der Waals surface area contributed by atoms with Gasteiger partial charge in [0.2, 0.25) is 0 Å². The van der Waals surface area contributed by atoms with Gasteiger partial charge in [0.25, 0.3) is 5.91 Å². The van der Waals surface area contributed by atoms with Crippen molar-refractivity contribution in [3.05, 3.63) is 47.8 Å². The molecule has 33 heavy (non-hydrogen) atoms. The minimum atomic E-state index is -3.45. The molecule has 178 valence electrons. The third kappa shape index (κ3) is 5.45. The van der Waals surface area contributed by atoms with Gasteiger partial charge in [-0.25, -0.2) is 12.8 Å². The zero-order valence-electron chi connectivity index (χ0n) is 18.9. The number of rotatable bonds is 10. The third-order valence-electron chi connectivity index (χ3n) is 5.01. The lowest BCUT2D eigenvalue weighted by molar-refractivity contribution is 0.0964. The van der Waals surface area contributed by atoms with Crippen molar-refractivity contribution in [1.29, 1.82) is 0 Å². The summed E-state index contributed by atoms with van der Waals surface area (Å²) in [6.07, 6.45) is 1.84. The molecule has 2 N–H and O–H groups in total. The molecule has 0 aliphatic rings. The highest BCUT2D eigenvalue weighted by Gasteiger charge is 2.25. The number of fused-ring (bicyclic) bond motifs is 1. The smallest absolute Gasteiger partial charge is 0.255 e. The highest BCUT2D eigenvalue weighted by molar-refractivity contribution is 7.91. The third-order valence-corrected chi connectivity index (χ3v) is 6.33. The maximum atomic E-state index is 13.4. The van der Waals surface area contributed by atoms with E-state index >= 15 is 0 Å². The number of sulfone groups is 1. The van der Waals surface area contributed by atoms with Gasteiger partial charge in [0.05, 0.1) is 24.4 Å². The molecule has 1 unspecified atom stereocenters. The predicted octanol–water partition coefficient (Wildman–Crippen LogP) is 3.82. The maximum absolute atomic E-state index is 13.4. The molecule has 10 heteroatoms. The van der Waals surface area contributed by atoms with Gasteiger partial charge in [0, 0.05) is 37.4 Å². The molecule has 0 aliphatic carbocycles. The molecule has 0 aliphatic heterocycles. The summed E-state index contributed by atoms with van der Waals surface area (Å²) >= 11 is 0. The molecular formula is C23H27FN2O6S. The molecule has 3 rings (SSSR count). The minimum absolute atomic E-state index is 0.0167. The Hall–Kier alpha value is -3.11. The number of amides is 1. The van der Waals surface area contributed by atoms with Crippen LogP contribution >= 0.6 is 0 Å². The van der Waals surface area contributed by atoms with Gasteiger partial charge in [-0.2, -0.15) is 0 Å². The largest absolute Gasteiger partial charge is 0.491 e. The summed E-state index contributed by atoms with van der Waals surface area (Å²) in [6.45, 7) is 2.35. The zero-order valence-corrected chi connectivity index (χ0v) is 19.7. The predicted molar refractivity (Wildman–Crippen MR) is 125 cm³/mol. The van der Waals surface area contributed by atoms with Crippen molar-refractivity contribution in [2.45, 2.75) is 18.8 Å². The fourth-order valence-electron chi connectivity index (χ4n) is 3.35. The van der Waals surface area contributed by atoms with Gasteiger partial charge in [-0.1, -0.05) is 6.92 Å². The number of nitrogens with one attached hydrogen (secondary N) is 2. The lowest BCUT2D eigenvalue weighted by Gasteiger charge is -2.17. The molecule has 0 radical (unpaired) electrons. The van der Waals surface area contributed by atoms with Crippen molar-refractivity contribution in [3.8, 4) is 17.1 Å². The molecule has 0 saturated heterocycles. The van der Waals surface area contributed by atoms with Crippen molar-refractivity contribution in [2.75, 3.05) is 38.9 Å². The first-order valence-corrected chi connectivity index (χ1v) is 12.3. The van der Waals surface area contributed by atoms with Crippen LogP contribution in [0.2, 0.25) is 0 Å². The molecule has 2 aromatic carbocycles. The van der Waals surface area contributed by atoms with Crippen LogP contribution in [0.3, 0.4) is 0 Å². The molecule has 0 bridgehead atoms. The Kier molecular flexibility index (Phi) is 7.60. The number of carbonyl (C=O) groups excluding carboxylic acids is 1. The fraction of sp³-hybridized carbons (Fsp3) is 0.348. The van der Waals surface area contributed by atoms with Gasteiger partial charge in [0.15, 0.2) is 15.3 Å². The monoisotopic (exact) mass is 478 g/mol. The number of benzene rings is 2. The molecule has 8 nitrogen and oxygen atoms in total. The summed E-state index contributed by atoms with van der Waals surface area (Å²) in [5.74, 6) is -0.0541. The zero-order chi connectivity index (χ0) is 24.2. The van der Waals surface area contributed by atoms with Gasteiger partial charge >= 0.3 is 0 Å². The lowest BCUT2D eigenvalue weighted by atomic mass is 10.0. The Labute approximate surface area is 192 Å². The van der Waals surface area contributed by atoms with E-state index in [-0.39, 0.29) is 23.8 Å². The average Bonchev–Trinajstić information content (AvgIpc) is 3.15. The second-order valence-electron chi connectivity index (χ2n) is 7.46. The van der Waals surface area contributed by atoms with Crippen molar-refractivity contribution in [3.63, 3.8) is 0 Å². The summed E-state index contributed by atoms with van der Waals surface area (Å²) in [5.41, 5.74) is 0.642. The van der Waals surface area contributed by atoms with Crippen LogP contribution in [-0.2, 0) is 14.6 Å². The van der Waals surface area contributed by atoms with E-state index in [1.165, 1.54) is 38.4 Å². The number of carbonyl (C=O) groups is 1. The van der Waals surface area contributed by atoms with Crippen LogP contribution in [0.25, 0.3) is 22.3 Å². The number of hydrogen-bond acceptors (Lipinski definition) is 7. The SMILES string of the molecule is CCCOc1cc2c(C(=O)NC)c(-c3ccc(F)cc3)oc2cc1NCC(OC)S(C)(=O)=O. The van der Waals surface area contributed by atoms with Gasteiger partial charge in [-0.3, -0.25) is 4.79 Å². The van der Waals surface area contributed by atoms with Gasteiger partial charge in [0.1, 0.15) is 22.9 Å². The number of furan rings is 1. The van der Waals surface area contributed by atoms with Crippen molar-refractivity contribution >= 4 is 32.4 Å². The molecule has 1 atom stereocenters. The van der Waals surface area contributed by atoms with E-state index < -0.39 is 21.1 Å². The van der Waals surface area contributed by atoms with Crippen molar-refractivity contribution in [1.82, 2.24) is 5.32 Å². The summed E-state index contributed by atoms with van der Waals surface area (Å²) in [4.78, 5) is 12.7. The molecule has 3 aromatic rings. The molecule has 0 spiro atoms. The molecule has 0 saturated carbocycles. The van der Waals surface area contributed by atoms with Gasteiger partial charge in [-0.05, 0) is 36.8 Å². The number of anilines is 1. The quantitative estimate of drug-likeness (QED) is 0.456. The Bertz CT molecular complexity index is 1240. The Morgan fingerprint density at radius 2 is 1.91 bits per heavy atom. The first-order chi connectivity index (χ1) is 15.7. The second-order valence-corrected chi connectivity index (χ2v) is 9.65. The number of halogens is 1.